The number of aryl methyl sites for hydroxylation is 1. The van der Waals surface area contributed by atoms with Crippen molar-refractivity contribution in [1.82, 2.24) is 25.5 Å². The highest BCUT2D eigenvalue weighted by Gasteiger charge is 2.26. The van der Waals surface area contributed by atoms with Gasteiger partial charge in [-0.25, -0.2) is 8.42 Å². The number of hydrogen-bond acceptors (Lipinski definition) is 6. The standard InChI is InChI=1S/C14H18N6O3S/c1-10-16-18-20(17-10)8-6-15-14(21)12-3-4-13-11(9-12)5-7-19(13)24(2,22)23/h3-4,9H,5-8H2,1-2H3,(H,15,21). The Labute approximate surface area is 139 Å². The smallest absolute Gasteiger partial charge is 0.251 e. The minimum atomic E-state index is -3.28. The highest BCUT2D eigenvalue weighted by Crippen LogP contribution is 2.30. The lowest BCUT2D eigenvalue weighted by Gasteiger charge is -2.16. The Morgan fingerprint density at radius 1 is 1.38 bits per heavy atom. The second-order valence-electron chi connectivity index (χ2n) is 5.62. The molecule has 1 aromatic carbocycles. The number of sulfonamides is 1. The largest absolute Gasteiger partial charge is 0.350 e. The number of nitrogens with zero attached hydrogens (tertiary/aromatic N) is 5. The van der Waals surface area contributed by atoms with Crippen LogP contribution in [0.4, 0.5) is 5.69 Å². The van der Waals surface area contributed by atoms with E-state index in [1.807, 2.05) is 0 Å². The van der Waals surface area contributed by atoms with Crippen molar-refractivity contribution < 1.29 is 13.2 Å². The van der Waals surface area contributed by atoms with E-state index in [0.29, 0.717) is 43.1 Å². The van der Waals surface area contributed by atoms with Crippen LogP contribution in [0.25, 0.3) is 0 Å². The predicted molar refractivity (Wildman–Crippen MR) is 87.2 cm³/mol. The molecule has 1 aliphatic heterocycles. The van der Waals surface area contributed by atoms with Crippen LogP contribution in [-0.2, 0) is 23.0 Å². The van der Waals surface area contributed by atoms with Crippen molar-refractivity contribution in [2.45, 2.75) is 19.9 Å². The van der Waals surface area contributed by atoms with Gasteiger partial charge in [0.2, 0.25) is 10.0 Å². The van der Waals surface area contributed by atoms with Gasteiger partial charge in [-0.05, 0) is 42.3 Å². The lowest BCUT2D eigenvalue weighted by molar-refractivity contribution is 0.0951. The molecular formula is C14H18N6O3S. The van der Waals surface area contributed by atoms with E-state index in [-0.39, 0.29) is 5.91 Å². The van der Waals surface area contributed by atoms with Crippen LogP contribution >= 0.6 is 0 Å². The molecule has 2 aromatic rings. The van der Waals surface area contributed by atoms with E-state index >= 15 is 0 Å². The minimum absolute atomic E-state index is 0.215. The number of aromatic nitrogens is 4. The first-order valence-electron chi connectivity index (χ1n) is 7.48. The fraction of sp³-hybridized carbons (Fsp3) is 0.429. The Bertz CT molecular complexity index is 876. The zero-order chi connectivity index (χ0) is 17.3. The van der Waals surface area contributed by atoms with Gasteiger partial charge in [-0.15, -0.1) is 10.2 Å². The summed E-state index contributed by atoms with van der Waals surface area (Å²) in [5.41, 5.74) is 2.02. The molecule has 10 heteroatoms. The molecule has 128 valence electrons. The first kappa shape index (κ1) is 16.4. The number of anilines is 1. The maximum absolute atomic E-state index is 12.2. The summed E-state index contributed by atoms with van der Waals surface area (Å²) in [5, 5.41) is 14.4. The van der Waals surface area contributed by atoms with Crippen molar-refractivity contribution in [3.8, 4) is 0 Å². The molecule has 1 N–H and O–H groups in total. The molecule has 1 aliphatic rings. The van der Waals surface area contributed by atoms with Gasteiger partial charge in [0.25, 0.3) is 5.91 Å². The van der Waals surface area contributed by atoms with Crippen LogP contribution in [0.1, 0.15) is 21.7 Å². The first-order chi connectivity index (χ1) is 11.3. The molecule has 2 heterocycles. The number of nitrogens with one attached hydrogen (secondary N) is 1. The number of carbonyl (C=O) groups is 1. The second kappa shape index (κ2) is 6.19. The third-order valence-corrected chi connectivity index (χ3v) is 4.93. The van der Waals surface area contributed by atoms with Crippen LogP contribution < -0.4 is 9.62 Å². The van der Waals surface area contributed by atoms with Crippen LogP contribution in [0.2, 0.25) is 0 Å². The fourth-order valence-corrected chi connectivity index (χ4v) is 3.61. The highest BCUT2D eigenvalue weighted by atomic mass is 32.2. The van der Waals surface area contributed by atoms with E-state index in [9.17, 15) is 13.2 Å². The average molecular weight is 350 g/mol. The molecule has 0 saturated heterocycles. The predicted octanol–water partition coefficient (Wildman–Crippen LogP) is -0.266. The van der Waals surface area contributed by atoms with Gasteiger partial charge in [-0.3, -0.25) is 9.10 Å². The zero-order valence-corrected chi connectivity index (χ0v) is 14.2. The van der Waals surface area contributed by atoms with Gasteiger partial charge in [-0.1, -0.05) is 0 Å². The summed E-state index contributed by atoms with van der Waals surface area (Å²) >= 11 is 0. The molecule has 3 rings (SSSR count). The second-order valence-corrected chi connectivity index (χ2v) is 7.52. The third kappa shape index (κ3) is 3.37. The van der Waals surface area contributed by atoms with Crippen molar-refractivity contribution in [3.63, 3.8) is 0 Å². The van der Waals surface area contributed by atoms with E-state index in [1.54, 1.807) is 25.1 Å². The zero-order valence-electron chi connectivity index (χ0n) is 13.4. The molecule has 0 fully saturated rings. The number of benzene rings is 1. The number of hydrogen-bond donors (Lipinski definition) is 1. The highest BCUT2D eigenvalue weighted by molar-refractivity contribution is 7.92. The van der Waals surface area contributed by atoms with Gasteiger partial charge in [0.15, 0.2) is 5.82 Å². The summed E-state index contributed by atoms with van der Waals surface area (Å²) in [7, 11) is -3.28. The number of rotatable bonds is 5. The number of carbonyl (C=O) groups excluding carboxylic acids is 1. The molecule has 0 radical (unpaired) electrons. The van der Waals surface area contributed by atoms with Crippen molar-refractivity contribution in [1.29, 1.82) is 0 Å². The third-order valence-electron chi connectivity index (χ3n) is 3.75. The summed E-state index contributed by atoms with van der Waals surface area (Å²) in [6.07, 6.45) is 1.79. The summed E-state index contributed by atoms with van der Waals surface area (Å²) < 4.78 is 24.8. The number of amides is 1. The van der Waals surface area contributed by atoms with Gasteiger partial charge >= 0.3 is 0 Å². The van der Waals surface area contributed by atoms with Crippen molar-refractivity contribution >= 4 is 21.6 Å². The SMILES string of the molecule is Cc1nnn(CCNC(=O)c2ccc3c(c2)CCN3S(C)(=O)=O)n1. The maximum atomic E-state index is 12.2. The summed E-state index contributed by atoms with van der Waals surface area (Å²) in [4.78, 5) is 13.6. The minimum Gasteiger partial charge on any atom is -0.350 e. The maximum Gasteiger partial charge on any atom is 0.251 e. The molecule has 0 atom stereocenters. The molecule has 0 unspecified atom stereocenters. The summed E-state index contributed by atoms with van der Waals surface area (Å²) in [6.45, 7) is 2.96. The molecule has 0 saturated carbocycles. The van der Waals surface area contributed by atoms with Crippen LogP contribution in [0.5, 0.6) is 0 Å². The molecule has 0 bridgehead atoms. The van der Waals surface area contributed by atoms with Crippen molar-refractivity contribution in [2.75, 3.05) is 23.7 Å². The lowest BCUT2D eigenvalue weighted by Crippen LogP contribution is -2.28. The molecule has 0 spiro atoms. The Morgan fingerprint density at radius 2 is 2.17 bits per heavy atom. The Hall–Kier alpha value is -2.49. The van der Waals surface area contributed by atoms with E-state index in [2.05, 4.69) is 20.7 Å². The lowest BCUT2D eigenvalue weighted by atomic mass is 10.1. The molecular weight excluding hydrogens is 332 g/mol. The van der Waals surface area contributed by atoms with Crippen LogP contribution in [0, 0.1) is 6.92 Å². The van der Waals surface area contributed by atoms with Gasteiger partial charge in [-0.2, -0.15) is 4.80 Å². The first-order valence-corrected chi connectivity index (χ1v) is 9.33. The normalized spacial score (nSPS) is 13.8. The quantitative estimate of drug-likeness (QED) is 0.795. The molecule has 0 aliphatic carbocycles. The van der Waals surface area contributed by atoms with Crippen molar-refractivity contribution in [3.05, 3.63) is 35.2 Å². The molecule has 9 nitrogen and oxygen atoms in total. The summed E-state index contributed by atoms with van der Waals surface area (Å²) in [6, 6.07) is 5.06. The van der Waals surface area contributed by atoms with Gasteiger partial charge in [0.1, 0.15) is 0 Å². The Morgan fingerprint density at radius 3 is 2.83 bits per heavy atom. The van der Waals surface area contributed by atoms with E-state index in [0.717, 1.165) is 5.56 Å². The van der Waals surface area contributed by atoms with Crippen LogP contribution in [0.15, 0.2) is 18.2 Å². The number of fused-ring (bicyclic) bond motifs is 1. The van der Waals surface area contributed by atoms with Gasteiger partial charge in [0.05, 0.1) is 18.5 Å². The van der Waals surface area contributed by atoms with E-state index in [4.69, 9.17) is 0 Å². The monoisotopic (exact) mass is 350 g/mol. The van der Waals surface area contributed by atoms with Crippen molar-refractivity contribution in [2.24, 2.45) is 0 Å². The van der Waals surface area contributed by atoms with Crippen LogP contribution in [0.3, 0.4) is 0 Å². The average Bonchev–Trinajstić information content (AvgIpc) is 3.12. The fourth-order valence-electron chi connectivity index (χ4n) is 2.65. The molecule has 1 amide bonds. The Balaban J connectivity index is 1.64. The van der Waals surface area contributed by atoms with Crippen LogP contribution in [-0.4, -0.2) is 53.9 Å². The topological polar surface area (TPSA) is 110 Å². The van der Waals surface area contributed by atoms with E-state index in [1.165, 1.54) is 15.4 Å². The Kier molecular flexibility index (Phi) is 4.22. The molecule has 1 aromatic heterocycles. The summed E-state index contributed by atoms with van der Waals surface area (Å²) in [5.74, 6) is 0.364. The van der Waals surface area contributed by atoms with E-state index < -0.39 is 10.0 Å². The van der Waals surface area contributed by atoms with Gasteiger partial charge < -0.3 is 5.32 Å². The van der Waals surface area contributed by atoms with Gasteiger partial charge in [0, 0.05) is 18.7 Å². The number of tetrazole rings is 1. The molecule has 24 heavy (non-hydrogen) atoms.